The molecule has 1 aliphatic rings. The van der Waals surface area contributed by atoms with Crippen LogP contribution in [0.25, 0.3) is 17.4 Å². The number of benzene rings is 2. The maximum Gasteiger partial charge on any atom is 0.338 e. The summed E-state index contributed by atoms with van der Waals surface area (Å²) in [6, 6.07) is 12.7. The number of aromatic nitrogens is 1. The van der Waals surface area contributed by atoms with Crippen molar-refractivity contribution < 1.29 is 33.3 Å². The van der Waals surface area contributed by atoms with Gasteiger partial charge in [0.1, 0.15) is 11.5 Å². The number of aromatic carboxylic acids is 1. The van der Waals surface area contributed by atoms with Crippen molar-refractivity contribution in [3.8, 4) is 22.8 Å². The van der Waals surface area contributed by atoms with Crippen LogP contribution in [-0.2, 0) is 9.53 Å². The Labute approximate surface area is 250 Å². The van der Waals surface area contributed by atoms with E-state index in [2.05, 4.69) is 4.99 Å². The van der Waals surface area contributed by atoms with Crippen LogP contribution >= 0.6 is 11.3 Å². The van der Waals surface area contributed by atoms with E-state index in [1.54, 1.807) is 69.5 Å². The van der Waals surface area contributed by atoms with E-state index in [1.807, 2.05) is 13.8 Å². The van der Waals surface area contributed by atoms with Crippen LogP contribution in [0.15, 0.2) is 74.0 Å². The molecule has 11 heteroatoms. The first kappa shape index (κ1) is 29.6. The van der Waals surface area contributed by atoms with Crippen molar-refractivity contribution in [3.05, 3.63) is 102 Å². The second-order valence-electron chi connectivity index (χ2n) is 9.68. The molecular weight excluding hydrogens is 572 g/mol. The number of hydrogen-bond donors (Lipinski definition) is 1. The van der Waals surface area contributed by atoms with Gasteiger partial charge in [-0.2, -0.15) is 0 Å². The van der Waals surface area contributed by atoms with Crippen molar-refractivity contribution in [2.75, 3.05) is 20.3 Å². The zero-order valence-corrected chi connectivity index (χ0v) is 25.1. The van der Waals surface area contributed by atoms with E-state index in [4.69, 9.17) is 18.6 Å². The first-order valence-electron chi connectivity index (χ1n) is 13.6. The number of rotatable bonds is 9. The number of aryl methyl sites for hydroxylation is 1. The zero-order valence-electron chi connectivity index (χ0n) is 24.3. The molecule has 2 aromatic carbocycles. The third-order valence-corrected chi connectivity index (χ3v) is 7.95. The van der Waals surface area contributed by atoms with E-state index in [9.17, 15) is 19.5 Å². The van der Waals surface area contributed by atoms with E-state index in [0.717, 1.165) is 5.56 Å². The van der Waals surface area contributed by atoms with Crippen molar-refractivity contribution in [3.63, 3.8) is 0 Å². The van der Waals surface area contributed by atoms with Crippen LogP contribution in [0.2, 0.25) is 0 Å². The fraction of sp³-hybridized carbons (Fsp3) is 0.250. The minimum absolute atomic E-state index is 0.144. The lowest BCUT2D eigenvalue weighted by Crippen LogP contribution is -2.39. The summed E-state index contributed by atoms with van der Waals surface area (Å²) in [7, 11) is 1.54. The van der Waals surface area contributed by atoms with Crippen LogP contribution in [0.1, 0.15) is 54.1 Å². The Bertz CT molecular complexity index is 1950. The van der Waals surface area contributed by atoms with Crippen molar-refractivity contribution in [2.24, 2.45) is 4.99 Å². The maximum absolute atomic E-state index is 14.0. The molecule has 0 saturated heterocycles. The maximum atomic E-state index is 14.0. The number of allylic oxidation sites excluding steroid dienone is 1. The van der Waals surface area contributed by atoms with Gasteiger partial charge in [-0.3, -0.25) is 9.36 Å². The van der Waals surface area contributed by atoms with Gasteiger partial charge in [-0.25, -0.2) is 14.6 Å². The third kappa shape index (κ3) is 5.63. The van der Waals surface area contributed by atoms with Gasteiger partial charge in [0.2, 0.25) is 0 Å². The SMILES string of the molecule is CCOC(=O)C1=C(C)N=c2s/c(=C/c3ccc(-c4cc(C(=O)O)ccc4C)o3)c(=O)n2C1c1ccc(OC)c(OCC)c1. The first-order valence-corrected chi connectivity index (χ1v) is 14.4. The van der Waals surface area contributed by atoms with Crippen LogP contribution in [0.4, 0.5) is 0 Å². The summed E-state index contributed by atoms with van der Waals surface area (Å²) in [5.41, 5.74) is 2.59. The van der Waals surface area contributed by atoms with Gasteiger partial charge in [-0.05, 0) is 75.2 Å². The average molecular weight is 603 g/mol. The van der Waals surface area contributed by atoms with Crippen LogP contribution < -0.4 is 24.4 Å². The van der Waals surface area contributed by atoms with Crippen molar-refractivity contribution in [1.29, 1.82) is 0 Å². The Morgan fingerprint density at radius 1 is 1.07 bits per heavy atom. The predicted molar refractivity (Wildman–Crippen MR) is 160 cm³/mol. The smallest absolute Gasteiger partial charge is 0.338 e. The lowest BCUT2D eigenvalue weighted by atomic mass is 9.95. The molecule has 1 N–H and O–H groups in total. The molecule has 2 aromatic heterocycles. The molecule has 43 heavy (non-hydrogen) atoms. The molecule has 0 fully saturated rings. The molecule has 4 aromatic rings. The number of carbonyl (C=O) groups excluding carboxylic acids is 1. The first-order chi connectivity index (χ1) is 20.7. The number of methoxy groups -OCH3 is 1. The number of esters is 1. The van der Waals surface area contributed by atoms with E-state index in [-0.39, 0.29) is 23.3 Å². The fourth-order valence-electron chi connectivity index (χ4n) is 4.96. The summed E-state index contributed by atoms with van der Waals surface area (Å²) in [5, 5.41) is 9.40. The number of carboxylic acids is 1. The second kappa shape index (κ2) is 12.1. The normalized spacial score (nSPS) is 14.7. The average Bonchev–Trinajstić information content (AvgIpc) is 3.56. The van der Waals surface area contributed by atoms with E-state index >= 15 is 0 Å². The van der Waals surface area contributed by atoms with Gasteiger partial charge in [-0.1, -0.05) is 23.5 Å². The molecule has 3 heterocycles. The van der Waals surface area contributed by atoms with Gasteiger partial charge in [0.05, 0.1) is 47.7 Å². The predicted octanol–water partition coefficient (Wildman–Crippen LogP) is 4.47. The zero-order chi connectivity index (χ0) is 30.8. The highest BCUT2D eigenvalue weighted by Crippen LogP contribution is 2.36. The molecule has 0 amide bonds. The molecule has 0 aliphatic carbocycles. The Kier molecular flexibility index (Phi) is 8.36. The summed E-state index contributed by atoms with van der Waals surface area (Å²) < 4.78 is 24.5. The Hall–Kier alpha value is -4.90. The largest absolute Gasteiger partial charge is 0.493 e. The van der Waals surface area contributed by atoms with Gasteiger partial charge in [0.25, 0.3) is 5.56 Å². The molecule has 0 radical (unpaired) electrons. The molecule has 5 rings (SSSR count). The fourth-order valence-corrected chi connectivity index (χ4v) is 5.99. The quantitative estimate of drug-likeness (QED) is 0.278. The summed E-state index contributed by atoms with van der Waals surface area (Å²) >= 11 is 1.17. The number of hydrogen-bond acceptors (Lipinski definition) is 9. The lowest BCUT2D eigenvalue weighted by Gasteiger charge is -2.25. The number of furan rings is 1. The minimum atomic E-state index is -1.04. The van der Waals surface area contributed by atoms with Crippen LogP contribution in [-0.4, -0.2) is 41.9 Å². The molecular formula is C32H30N2O8S. The number of ether oxygens (including phenoxy) is 3. The third-order valence-electron chi connectivity index (χ3n) is 6.97. The number of carbonyl (C=O) groups is 2. The van der Waals surface area contributed by atoms with Gasteiger partial charge >= 0.3 is 11.9 Å². The molecule has 10 nitrogen and oxygen atoms in total. The summed E-state index contributed by atoms with van der Waals surface area (Å²) in [6.45, 7) is 7.71. The molecule has 222 valence electrons. The number of fused-ring (bicyclic) bond motifs is 1. The highest BCUT2D eigenvalue weighted by molar-refractivity contribution is 7.07. The highest BCUT2D eigenvalue weighted by Gasteiger charge is 2.34. The molecule has 0 spiro atoms. The number of carboxylic acid groups (broad SMARTS) is 1. The summed E-state index contributed by atoms with van der Waals surface area (Å²) in [5.74, 6) is 0.279. The van der Waals surface area contributed by atoms with Gasteiger partial charge in [0.15, 0.2) is 16.3 Å². The molecule has 0 saturated carbocycles. The second-order valence-corrected chi connectivity index (χ2v) is 10.7. The van der Waals surface area contributed by atoms with Crippen molar-refractivity contribution >= 4 is 29.4 Å². The van der Waals surface area contributed by atoms with Crippen molar-refractivity contribution in [2.45, 2.75) is 33.7 Å². The topological polar surface area (TPSA) is 130 Å². The van der Waals surface area contributed by atoms with Gasteiger partial charge in [-0.15, -0.1) is 0 Å². The monoisotopic (exact) mass is 602 g/mol. The van der Waals surface area contributed by atoms with Crippen molar-refractivity contribution in [1.82, 2.24) is 4.57 Å². The number of thiazole rings is 1. The van der Waals surface area contributed by atoms with Gasteiger partial charge in [0, 0.05) is 11.6 Å². The van der Waals surface area contributed by atoms with Crippen LogP contribution in [0, 0.1) is 6.92 Å². The standard InChI is InChI=1S/C32H30N2O8S/c1-6-40-25-15-19(10-12-24(25)39-5)28-27(31(38)41-7-2)18(4)33-32-34(28)29(35)26(43-32)16-21-11-13-23(42-21)22-14-20(30(36)37)9-8-17(22)3/h8-16,28H,6-7H2,1-5H3,(H,36,37)/b26-16+. The molecule has 1 aliphatic heterocycles. The van der Waals surface area contributed by atoms with Gasteiger partial charge < -0.3 is 23.7 Å². The van der Waals surface area contributed by atoms with E-state index < -0.39 is 18.0 Å². The molecule has 1 unspecified atom stereocenters. The number of nitrogens with zero attached hydrogens (tertiary/aromatic N) is 2. The highest BCUT2D eigenvalue weighted by atomic mass is 32.1. The minimum Gasteiger partial charge on any atom is -0.493 e. The Morgan fingerprint density at radius 2 is 1.86 bits per heavy atom. The van der Waals surface area contributed by atoms with E-state index in [0.29, 0.717) is 55.8 Å². The van der Waals surface area contributed by atoms with Crippen LogP contribution in [0.3, 0.4) is 0 Å². The molecule has 0 bridgehead atoms. The lowest BCUT2D eigenvalue weighted by molar-refractivity contribution is -0.139. The Balaban J connectivity index is 1.65. The van der Waals surface area contributed by atoms with Crippen LogP contribution in [0.5, 0.6) is 11.5 Å². The summed E-state index contributed by atoms with van der Waals surface area (Å²) in [6.07, 6.45) is 1.61. The van der Waals surface area contributed by atoms with E-state index in [1.165, 1.54) is 22.0 Å². The molecule has 1 atom stereocenters. The Morgan fingerprint density at radius 3 is 2.56 bits per heavy atom. The summed E-state index contributed by atoms with van der Waals surface area (Å²) in [4.78, 5) is 43.7.